The summed E-state index contributed by atoms with van der Waals surface area (Å²) in [5.74, 6) is 2.33. The first-order valence-electron chi connectivity index (χ1n) is 9.79. The monoisotopic (exact) mass is 432 g/mol. The number of rotatable bonds is 9. The largest absolute Gasteiger partial charge is 0.490 e. The van der Waals surface area contributed by atoms with Crippen LogP contribution in [0.2, 0.25) is 0 Å². The smallest absolute Gasteiger partial charge is 0.175 e. The van der Waals surface area contributed by atoms with Crippen LogP contribution in [0.5, 0.6) is 11.5 Å². The number of hydrogen-bond donors (Lipinski definition) is 2. The Bertz CT molecular complexity index is 703. The van der Waals surface area contributed by atoms with Gasteiger partial charge in [0.2, 0.25) is 0 Å². The van der Waals surface area contributed by atoms with Crippen molar-refractivity contribution in [2.45, 2.75) is 32.9 Å². The van der Waals surface area contributed by atoms with E-state index in [1.807, 2.05) is 25.1 Å². The molecule has 0 saturated carbocycles. The number of benzene rings is 2. The molecule has 1 saturated heterocycles. The van der Waals surface area contributed by atoms with Gasteiger partial charge in [-0.3, -0.25) is 0 Å². The molecule has 3 rings (SSSR count). The van der Waals surface area contributed by atoms with Gasteiger partial charge in [-0.2, -0.15) is 0 Å². The van der Waals surface area contributed by atoms with Crippen LogP contribution in [-0.2, 0) is 13.2 Å². The Balaban J connectivity index is 1.62. The van der Waals surface area contributed by atoms with Gasteiger partial charge >= 0.3 is 0 Å². The number of piperidine rings is 1. The van der Waals surface area contributed by atoms with E-state index in [1.165, 1.54) is 18.4 Å². The van der Waals surface area contributed by atoms with Crippen LogP contribution in [0.1, 0.15) is 30.9 Å². The molecule has 0 bridgehead atoms. The Morgan fingerprint density at radius 3 is 2.59 bits per heavy atom. The molecule has 27 heavy (non-hydrogen) atoms. The predicted octanol–water partition coefficient (Wildman–Crippen LogP) is 4.52. The van der Waals surface area contributed by atoms with Gasteiger partial charge in [-0.1, -0.05) is 30.3 Å². The first-order chi connectivity index (χ1) is 13.3. The fraction of sp³-hybridized carbons (Fsp3) is 0.455. The molecular formula is C22H29BrN2O2. The number of nitrogens with one attached hydrogen (secondary N) is 2. The van der Waals surface area contributed by atoms with Crippen LogP contribution in [-0.4, -0.2) is 26.2 Å². The van der Waals surface area contributed by atoms with Crippen LogP contribution in [0.15, 0.2) is 46.9 Å². The number of halogens is 1. The summed E-state index contributed by atoms with van der Waals surface area (Å²) in [4.78, 5) is 0. The number of ether oxygens (including phenoxy) is 2. The normalized spacial score (nSPS) is 14.9. The Hall–Kier alpha value is -1.56. The van der Waals surface area contributed by atoms with E-state index in [0.717, 1.165) is 53.6 Å². The van der Waals surface area contributed by atoms with Crippen molar-refractivity contribution in [2.24, 2.45) is 5.92 Å². The second-order valence-corrected chi connectivity index (χ2v) is 7.79. The third-order valence-corrected chi connectivity index (χ3v) is 5.41. The van der Waals surface area contributed by atoms with E-state index in [-0.39, 0.29) is 0 Å². The molecule has 2 aromatic rings. The third-order valence-electron chi connectivity index (χ3n) is 4.82. The molecule has 2 aromatic carbocycles. The second kappa shape index (κ2) is 10.7. The Morgan fingerprint density at radius 1 is 1.07 bits per heavy atom. The maximum Gasteiger partial charge on any atom is 0.175 e. The minimum absolute atomic E-state index is 0.521. The molecule has 1 fully saturated rings. The van der Waals surface area contributed by atoms with Crippen molar-refractivity contribution >= 4 is 15.9 Å². The minimum atomic E-state index is 0.521. The van der Waals surface area contributed by atoms with Gasteiger partial charge in [0.25, 0.3) is 0 Å². The molecule has 0 spiro atoms. The standard InChI is InChI=1S/C22H29BrN2O2/c1-2-26-21-13-19(15-25-14-17-8-10-24-11-9-17)12-20(23)22(21)27-16-18-6-4-3-5-7-18/h3-7,12-13,17,24-25H,2,8-11,14-16H2,1H3. The van der Waals surface area contributed by atoms with Crippen molar-refractivity contribution in [2.75, 3.05) is 26.2 Å². The summed E-state index contributed by atoms with van der Waals surface area (Å²) in [5, 5.41) is 7.02. The zero-order chi connectivity index (χ0) is 18.9. The molecule has 146 valence electrons. The average Bonchev–Trinajstić information content (AvgIpc) is 2.69. The summed E-state index contributed by atoms with van der Waals surface area (Å²) < 4.78 is 12.8. The molecule has 1 aliphatic rings. The van der Waals surface area contributed by atoms with Gasteiger partial charge in [-0.05, 0) is 84.5 Å². The van der Waals surface area contributed by atoms with E-state index in [1.54, 1.807) is 0 Å². The lowest BCUT2D eigenvalue weighted by Gasteiger charge is -2.23. The fourth-order valence-electron chi connectivity index (χ4n) is 3.36. The topological polar surface area (TPSA) is 42.5 Å². The van der Waals surface area contributed by atoms with Crippen LogP contribution in [0.3, 0.4) is 0 Å². The summed E-state index contributed by atoms with van der Waals surface area (Å²) in [5.41, 5.74) is 2.34. The molecule has 5 heteroatoms. The molecule has 2 N–H and O–H groups in total. The summed E-state index contributed by atoms with van der Waals surface area (Å²) >= 11 is 3.67. The van der Waals surface area contributed by atoms with Crippen LogP contribution in [0.25, 0.3) is 0 Å². The Morgan fingerprint density at radius 2 is 1.85 bits per heavy atom. The molecule has 0 atom stereocenters. The average molecular weight is 433 g/mol. The van der Waals surface area contributed by atoms with Crippen LogP contribution in [0.4, 0.5) is 0 Å². The summed E-state index contributed by atoms with van der Waals surface area (Å²) in [6, 6.07) is 14.4. The SMILES string of the molecule is CCOc1cc(CNCC2CCNCC2)cc(Br)c1OCc1ccccc1. The molecule has 1 heterocycles. The molecular weight excluding hydrogens is 404 g/mol. The van der Waals surface area contributed by atoms with E-state index in [0.29, 0.717) is 13.2 Å². The highest BCUT2D eigenvalue weighted by Gasteiger charge is 2.14. The van der Waals surface area contributed by atoms with E-state index in [9.17, 15) is 0 Å². The van der Waals surface area contributed by atoms with E-state index in [4.69, 9.17) is 9.47 Å². The van der Waals surface area contributed by atoms with Crippen molar-refractivity contribution in [3.8, 4) is 11.5 Å². The molecule has 0 aliphatic carbocycles. The maximum atomic E-state index is 6.06. The Labute approximate surface area is 170 Å². The number of hydrogen-bond acceptors (Lipinski definition) is 4. The highest BCUT2D eigenvalue weighted by atomic mass is 79.9. The van der Waals surface area contributed by atoms with Gasteiger partial charge in [0, 0.05) is 6.54 Å². The first kappa shape index (κ1) is 20.2. The fourth-order valence-corrected chi connectivity index (χ4v) is 3.97. The minimum Gasteiger partial charge on any atom is -0.490 e. The van der Waals surface area contributed by atoms with E-state index < -0.39 is 0 Å². The van der Waals surface area contributed by atoms with Crippen LogP contribution >= 0.6 is 15.9 Å². The highest BCUT2D eigenvalue weighted by molar-refractivity contribution is 9.10. The molecule has 0 unspecified atom stereocenters. The quantitative estimate of drug-likeness (QED) is 0.611. The molecule has 4 nitrogen and oxygen atoms in total. The Kier molecular flexibility index (Phi) is 7.99. The van der Waals surface area contributed by atoms with Crippen molar-refractivity contribution in [1.29, 1.82) is 0 Å². The zero-order valence-corrected chi connectivity index (χ0v) is 17.6. The summed E-state index contributed by atoms with van der Waals surface area (Å²) in [7, 11) is 0. The van der Waals surface area contributed by atoms with Gasteiger partial charge in [-0.15, -0.1) is 0 Å². The van der Waals surface area contributed by atoms with Crippen molar-refractivity contribution in [3.05, 3.63) is 58.1 Å². The van der Waals surface area contributed by atoms with E-state index >= 15 is 0 Å². The van der Waals surface area contributed by atoms with Crippen molar-refractivity contribution in [1.82, 2.24) is 10.6 Å². The predicted molar refractivity (Wildman–Crippen MR) is 113 cm³/mol. The van der Waals surface area contributed by atoms with Crippen LogP contribution < -0.4 is 20.1 Å². The lowest BCUT2D eigenvalue weighted by molar-refractivity contribution is 0.267. The van der Waals surface area contributed by atoms with Gasteiger partial charge < -0.3 is 20.1 Å². The van der Waals surface area contributed by atoms with Crippen molar-refractivity contribution in [3.63, 3.8) is 0 Å². The molecule has 0 radical (unpaired) electrons. The third kappa shape index (κ3) is 6.23. The summed E-state index contributed by atoms with van der Waals surface area (Å²) in [6.07, 6.45) is 2.51. The van der Waals surface area contributed by atoms with E-state index in [2.05, 4.69) is 50.8 Å². The molecule has 1 aliphatic heterocycles. The van der Waals surface area contributed by atoms with Gasteiger partial charge in [0.05, 0.1) is 11.1 Å². The lowest BCUT2D eigenvalue weighted by Crippen LogP contribution is -2.33. The summed E-state index contributed by atoms with van der Waals surface area (Å²) in [6.45, 7) is 7.31. The van der Waals surface area contributed by atoms with Crippen LogP contribution in [0, 0.1) is 5.92 Å². The molecule has 0 amide bonds. The van der Waals surface area contributed by atoms with Crippen molar-refractivity contribution < 1.29 is 9.47 Å². The highest BCUT2D eigenvalue weighted by Crippen LogP contribution is 2.37. The van der Waals surface area contributed by atoms with Gasteiger partial charge in [0.1, 0.15) is 6.61 Å². The first-order valence-corrected chi connectivity index (χ1v) is 10.6. The van der Waals surface area contributed by atoms with Gasteiger partial charge in [0.15, 0.2) is 11.5 Å². The zero-order valence-electron chi connectivity index (χ0n) is 16.0. The lowest BCUT2D eigenvalue weighted by atomic mass is 9.98. The second-order valence-electron chi connectivity index (χ2n) is 6.94. The van der Waals surface area contributed by atoms with Gasteiger partial charge in [-0.25, -0.2) is 0 Å². The maximum absolute atomic E-state index is 6.06. The molecule has 0 aromatic heterocycles.